The van der Waals surface area contributed by atoms with Crippen LogP contribution < -0.4 is 0 Å². The van der Waals surface area contributed by atoms with E-state index < -0.39 is 24.2 Å². The molecule has 2 atom stereocenters. The maximum atomic E-state index is 12.6. The zero-order chi connectivity index (χ0) is 14.7. The van der Waals surface area contributed by atoms with Crippen molar-refractivity contribution in [2.45, 2.75) is 53.3 Å². The first-order valence-electron chi connectivity index (χ1n) is 5.77. The van der Waals surface area contributed by atoms with Crippen molar-refractivity contribution < 1.29 is 22.7 Å². The van der Waals surface area contributed by atoms with Crippen molar-refractivity contribution in [3.8, 4) is 0 Å². The first kappa shape index (κ1) is 17.0. The van der Waals surface area contributed by atoms with Gasteiger partial charge in [-0.15, -0.1) is 0 Å². The average Bonchev–Trinajstić information content (AvgIpc) is 2.08. The summed E-state index contributed by atoms with van der Waals surface area (Å²) < 4.78 is 42.3. The molecule has 0 fully saturated rings. The Hall–Kier alpha value is -1.00. The van der Waals surface area contributed by atoms with Crippen molar-refractivity contribution in [3.05, 3.63) is 12.2 Å². The van der Waals surface area contributed by atoms with Crippen LogP contribution in [0.15, 0.2) is 12.2 Å². The van der Waals surface area contributed by atoms with Crippen LogP contribution in [0.2, 0.25) is 0 Å². The second-order valence-corrected chi connectivity index (χ2v) is 5.87. The van der Waals surface area contributed by atoms with Crippen LogP contribution in [0.1, 0.15) is 41.0 Å². The van der Waals surface area contributed by atoms with E-state index in [4.69, 9.17) is 0 Å². The molecule has 0 radical (unpaired) electrons. The minimum absolute atomic E-state index is 0.143. The predicted molar refractivity (Wildman–Crippen MR) is 64.0 cm³/mol. The molecule has 5 heteroatoms. The summed E-state index contributed by atoms with van der Waals surface area (Å²) in [5.74, 6) is -1.41. The number of carbonyl (C=O) groups is 1. The number of carbonyl (C=O) groups excluding carboxylic acids is 1. The average molecular weight is 266 g/mol. The highest BCUT2D eigenvalue weighted by atomic mass is 19.4. The minimum atomic E-state index is -4.61. The lowest BCUT2D eigenvalue weighted by atomic mass is 9.85. The van der Waals surface area contributed by atoms with E-state index in [-0.39, 0.29) is 11.0 Å². The van der Waals surface area contributed by atoms with Gasteiger partial charge < -0.3 is 4.74 Å². The predicted octanol–water partition coefficient (Wildman–Crippen LogP) is 4.11. The van der Waals surface area contributed by atoms with Gasteiger partial charge in [-0.05, 0) is 24.3 Å². The summed E-state index contributed by atoms with van der Waals surface area (Å²) in [6.45, 7) is 11.7. The minimum Gasteiger partial charge on any atom is -0.448 e. The number of alkyl halides is 3. The van der Waals surface area contributed by atoms with E-state index in [0.29, 0.717) is 6.42 Å². The third kappa shape index (κ3) is 6.07. The van der Waals surface area contributed by atoms with Crippen LogP contribution in [0.5, 0.6) is 0 Å². The fraction of sp³-hybridized carbons (Fsp3) is 0.769. The summed E-state index contributed by atoms with van der Waals surface area (Å²) in [6.07, 6.45) is -6.36. The van der Waals surface area contributed by atoms with Gasteiger partial charge >= 0.3 is 12.1 Å². The lowest BCUT2D eigenvalue weighted by molar-refractivity contribution is -0.213. The van der Waals surface area contributed by atoms with Gasteiger partial charge in [-0.1, -0.05) is 34.3 Å². The van der Waals surface area contributed by atoms with Gasteiger partial charge in [-0.2, -0.15) is 13.2 Å². The van der Waals surface area contributed by atoms with Gasteiger partial charge in [0.05, 0.1) is 5.92 Å². The van der Waals surface area contributed by atoms with Crippen molar-refractivity contribution in [2.75, 3.05) is 0 Å². The highest BCUT2D eigenvalue weighted by Gasteiger charge is 2.44. The Balaban J connectivity index is 4.67. The second-order valence-electron chi connectivity index (χ2n) is 5.87. The standard InChI is InChI=1S/C13H21F3O2/c1-8(2)10(13(14,15)16)18-11(17)9(3)7-12(4,5)6/h9-10H,1,7H2,2-6H3. The summed E-state index contributed by atoms with van der Waals surface area (Å²) in [5.41, 5.74) is -0.367. The summed E-state index contributed by atoms with van der Waals surface area (Å²) in [6, 6.07) is 0. The summed E-state index contributed by atoms with van der Waals surface area (Å²) in [4.78, 5) is 11.6. The first-order chi connectivity index (χ1) is 7.84. The van der Waals surface area contributed by atoms with Gasteiger partial charge in [-0.25, -0.2) is 0 Å². The maximum Gasteiger partial charge on any atom is 0.429 e. The number of halogens is 3. The van der Waals surface area contributed by atoms with Crippen LogP contribution in [-0.2, 0) is 9.53 Å². The normalized spacial score (nSPS) is 16.0. The Morgan fingerprint density at radius 2 is 1.72 bits per heavy atom. The van der Waals surface area contributed by atoms with E-state index >= 15 is 0 Å². The molecule has 0 aliphatic rings. The Morgan fingerprint density at radius 3 is 2.00 bits per heavy atom. The number of hydrogen-bond donors (Lipinski definition) is 0. The number of hydrogen-bond acceptors (Lipinski definition) is 2. The van der Waals surface area contributed by atoms with Crippen molar-refractivity contribution in [1.82, 2.24) is 0 Å². The van der Waals surface area contributed by atoms with Crippen LogP contribution in [0, 0.1) is 11.3 Å². The Labute approximate surface area is 106 Å². The van der Waals surface area contributed by atoms with Gasteiger partial charge in [0.25, 0.3) is 0 Å². The second kappa shape index (κ2) is 5.76. The third-order valence-electron chi connectivity index (χ3n) is 2.30. The Morgan fingerprint density at radius 1 is 1.28 bits per heavy atom. The van der Waals surface area contributed by atoms with Gasteiger partial charge in [0, 0.05) is 0 Å². The summed E-state index contributed by atoms with van der Waals surface area (Å²) in [5, 5.41) is 0. The Bertz CT molecular complexity index is 313. The molecule has 2 nitrogen and oxygen atoms in total. The smallest absolute Gasteiger partial charge is 0.429 e. The van der Waals surface area contributed by atoms with E-state index in [1.807, 2.05) is 20.8 Å². The molecule has 18 heavy (non-hydrogen) atoms. The van der Waals surface area contributed by atoms with Gasteiger partial charge in [0.15, 0.2) is 0 Å². The van der Waals surface area contributed by atoms with Crippen LogP contribution in [0.3, 0.4) is 0 Å². The van der Waals surface area contributed by atoms with E-state index in [2.05, 4.69) is 11.3 Å². The van der Waals surface area contributed by atoms with Crippen molar-refractivity contribution in [3.63, 3.8) is 0 Å². The SMILES string of the molecule is C=C(C)C(OC(=O)C(C)CC(C)(C)C)C(F)(F)F. The molecule has 0 amide bonds. The molecule has 0 saturated carbocycles. The molecule has 0 aliphatic heterocycles. The van der Waals surface area contributed by atoms with Gasteiger partial charge in [-0.3, -0.25) is 4.79 Å². The van der Waals surface area contributed by atoms with Crippen LogP contribution in [0.25, 0.3) is 0 Å². The molecular formula is C13H21F3O2. The van der Waals surface area contributed by atoms with Crippen molar-refractivity contribution in [2.24, 2.45) is 11.3 Å². The molecule has 0 aromatic carbocycles. The van der Waals surface area contributed by atoms with Crippen molar-refractivity contribution in [1.29, 1.82) is 0 Å². The molecule has 0 heterocycles. The molecule has 0 rings (SSSR count). The lowest BCUT2D eigenvalue weighted by Crippen LogP contribution is -2.36. The largest absolute Gasteiger partial charge is 0.448 e. The topological polar surface area (TPSA) is 26.3 Å². The molecule has 0 spiro atoms. The van der Waals surface area contributed by atoms with Crippen molar-refractivity contribution >= 4 is 5.97 Å². The number of esters is 1. The quantitative estimate of drug-likeness (QED) is 0.565. The summed E-state index contributed by atoms with van der Waals surface area (Å²) in [7, 11) is 0. The molecule has 2 unspecified atom stereocenters. The van der Waals surface area contributed by atoms with E-state index in [9.17, 15) is 18.0 Å². The van der Waals surface area contributed by atoms with Crippen LogP contribution >= 0.6 is 0 Å². The maximum absolute atomic E-state index is 12.6. The molecule has 0 bridgehead atoms. The van der Waals surface area contributed by atoms with Crippen LogP contribution in [0.4, 0.5) is 13.2 Å². The van der Waals surface area contributed by atoms with E-state index in [1.165, 1.54) is 6.92 Å². The molecule has 0 saturated heterocycles. The first-order valence-corrected chi connectivity index (χ1v) is 5.77. The third-order valence-corrected chi connectivity index (χ3v) is 2.30. The van der Waals surface area contributed by atoms with E-state index in [1.54, 1.807) is 6.92 Å². The van der Waals surface area contributed by atoms with Gasteiger partial charge in [0.2, 0.25) is 6.10 Å². The monoisotopic (exact) mass is 266 g/mol. The molecule has 0 aliphatic carbocycles. The fourth-order valence-corrected chi connectivity index (χ4v) is 1.68. The lowest BCUT2D eigenvalue weighted by Gasteiger charge is -2.25. The Kier molecular flexibility index (Phi) is 5.44. The fourth-order valence-electron chi connectivity index (χ4n) is 1.68. The van der Waals surface area contributed by atoms with Crippen LogP contribution in [-0.4, -0.2) is 18.2 Å². The molecule has 0 aromatic rings. The highest BCUT2D eigenvalue weighted by molar-refractivity contribution is 5.72. The molecule has 0 aromatic heterocycles. The highest BCUT2D eigenvalue weighted by Crippen LogP contribution is 2.30. The van der Waals surface area contributed by atoms with E-state index in [0.717, 1.165) is 0 Å². The molecular weight excluding hydrogens is 245 g/mol. The summed E-state index contributed by atoms with van der Waals surface area (Å²) >= 11 is 0. The molecule has 0 N–H and O–H groups in total. The number of ether oxygens (including phenoxy) is 1. The zero-order valence-corrected chi connectivity index (χ0v) is 11.5. The zero-order valence-electron chi connectivity index (χ0n) is 11.5. The number of rotatable bonds is 4. The van der Waals surface area contributed by atoms with Gasteiger partial charge in [0.1, 0.15) is 0 Å². The molecule has 106 valence electrons.